The molecule has 24 heavy (non-hydrogen) atoms. The lowest BCUT2D eigenvalue weighted by atomic mass is 10.0. The van der Waals surface area contributed by atoms with Gasteiger partial charge in [0, 0.05) is 26.3 Å². The van der Waals surface area contributed by atoms with Crippen LogP contribution in [0.15, 0.2) is 27.9 Å². The molecule has 1 aromatic carbocycles. The van der Waals surface area contributed by atoms with E-state index in [1.165, 1.54) is 0 Å². The lowest BCUT2D eigenvalue weighted by Crippen LogP contribution is -2.43. The van der Waals surface area contributed by atoms with Crippen molar-refractivity contribution in [1.82, 2.24) is 9.29 Å². The van der Waals surface area contributed by atoms with E-state index in [1.807, 2.05) is 0 Å². The molecular weight excluding hydrogens is 348 g/mol. The van der Waals surface area contributed by atoms with Crippen molar-refractivity contribution in [1.29, 1.82) is 0 Å². The zero-order valence-electron chi connectivity index (χ0n) is 13.7. The fourth-order valence-corrected chi connectivity index (χ4v) is 5.86. The third-order valence-corrected chi connectivity index (χ3v) is 7.25. The highest BCUT2D eigenvalue weighted by molar-refractivity contribution is 7.89. The Hall–Kier alpha value is -1.22. The molecule has 3 rings (SSSR count). The minimum absolute atomic E-state index is 0.0274. The molecule has 0 spiro atoms. The summed E-state index contributed by atoms with van der Waals surface area (Å²) >= 11 is 1.04. The van der Waals surface area contributed by atoms with Crippen molar-refractivity contribution in [3.8, 4) is 0 Å². The lowest BCUT2D eigenvalue weighted by molar-refractivity contribution is 0.172. The molecule has 0 radical (unpaired) electrons. The summed E-state index contributed by atoms with van der Waals surface area (Å²) in [4.78, 5) is 14.2. The van der Waals surface area contributed by atoms with E-state index in [1.54, 1.807) is 29.6 Å². The smallest absolute Gasteiger partial charge is 0.305 e. The van der Waals surface area contributed by atoms with Gasteiger partial charge in [-0.25, -0.2) is 8.42 Å². The number of piperidine rings is 1. The number of fused-ring (bicyclic) bond motifs is 1. The molecule has 1 fully saturated rings. The third kappa shape index (κ3) is 3.56. The summed E-state index contributed by atoms with van der Waals surface area (Å²) in [5, 5.41) is 0. The van der Waals surface area contributed by atoms with Crippen molar-refractivity contribution in [2.24, 2.45) is 0 Å². The van der Waals surface area contributed by atoms with Crippen molar-refractivity contribution in [2.45, 2.75) is 43.0 Å². The van der Waals surface area contributed by atoms with Crippen LogP contribution < -0.4 is 4.87 Å². The number of nitrogens with zero attached hydrogens (tertiary/aromatic N) is 1. The second-order valence-corrected chi connectivity index (χ2v) is 8.98. The first kappa shape index (κ1) is 17.6. The number of hydrogen-bond donors (Lipinski definition) is 1. The highest BCUT2D eigenvalue weighted by Crippen LogP contribution is 2.29. The Kier molecular flexibility index (Phi) is 5.39. The first-order valence-corrected chi connectivity index (χ1v) is 10.4. The molecule has 1 unspecified atom stereocenters. The molecule has 1 aromatic heterocycles. The molecule has 1 saturated heterocycles. The molecule has 2 heterocycles. The van der Waals surface area contributed by atoms with E-state index in [0.29, 0.717) is 23.4 Å². The van der Waals surface area contributed by atoms with Gasteiger partial charge in [0.15, 0.2) is 0 Å². The number of aromatic amines is 1. The molecule has 8 heteroatoms. The van der Waals surface area contributed by atoms with Crippen molar-refractivity contribution >= 4 is 31.6 Å². The second-order valence-electron chi connectivity index (χ2n) is 6.07. The van der Waals surface area contributed by atoms with E-state index in [-0.39, 0.29) is 15.8 Å². The van der Waals surface area contributed by atoms with Gasteiger partial charge in [0.2, 0.25) is 10.0 Å². The number of thiazole rings is 1. The minimum atomic E-state index is -3.55. The van der Waals surface area contributed by atoms with Gasteiger partial charge in [-0.3, -0.25) is 4.79 Å². The first-order chi connectivity index (χ1) is 11.5. The third-order valence-electron chi connectivity index (χ3n) is 4.46. The number of H-pyrrole nitrogens is 1. The van der Waals surface area contributed by atoms with Crippen LogP contribution in [-0.2, 0) is 14.8 Å². The topological polar surface area (TPSA) is 79.5 Å². The molecule has 1 atom stereocenters. The summed E-state index contributed by atoms with van der Waals surface area (Å²) in [6, 6.07) is 4.89. The Balaban J connectivity index is 1.89. The van der Waals surface area contributed by atoms with Gasteiger partial charge >= 0.3 is 4.87 Å². The van der Waals surface area contributed by atoms with Crippen molar-refractivity contribution in [3.05, 3.63) is 27.9 Å². The van der Waals surface area contributed by atoms with Gasteiger partial charge in [0.1, 0.15) is 0 Å². The van der Waals surface area contributed by atoms with Crippen LogP contribution in [0.2, 0.25) is 0 Å². The highest BCUT2D eigenvalue weighted by Gasteiger charge is 2.33. The molecule has 0 bridgehead atoms. The first-order valence-electron chi connectivity index (χ1n) is 8.16. The predicted octanol–water partition coefficient (Wildman–Crippen LogP) is 2.56. The maximum Gasteiger partial charge on any atom is 0.305 e. The van der Waals surface area contributed by atoms with Gasteiger partial charge in [-0.1, -0.05) is 17.8 Å². The summed E-state index contributed by atoms with van der Waals surface area (Å²) in [6.07, 6.45) is 4.50. The quantitative estimate of drug-likeness (QED) is 0.793. The van der Waals surface area contributed by atoms with Crippen LogP contribution in [0.3, 0.4) is 0 Å². The van der Waals surface area contributed by atoms with E-state index in [9.17, 15) is 13.2 Å². The molecule has 0 saturated carbocycles. The van der Waals surface area contributed by atoms with Crippen molar-refractivity contribution in [2.75, 3.05) is 20.3 Å². The molecule has 1 N–H and O–H groups in total. The maximum atomic E-state index is 13.1. The Morgan fingerprint density at radius 1 is 1.38 bits per heavy atom. The molecule has 1 aliphatic heterocycles. The number of benzene rings is 1. The molecular formula is C16H22N2O4S2. The largest absolute Gasteiger partial charge is 0.385 e. The monoisotopic (exact) mass is 370 g/mol. The Morgan fingerprint density at radius 2 is 2.21 bits per heavy atom. The standard InChI is InChI=1S/C16H22N2O4S2/c1-22-10-4-6-12-5-2-3-9-18(12)24(20,21)13-7-8-14-15(11-13)23-16(19)17-14/h7-8,11-12H,2-6,9-10H2,1H3,(H,17,19). The SMILES string of the molecule is COCCCC1CCCCN1S(=O)(=O)c1ccc2[nH]c(=O)sc2c1. The minimum Gasteiger partial charge on any atom is -0.385 e. The van der Waals surface area contributed by atoms with Gasteiger partial charge in [0.25, 0.3) is 0 Å². The van der Waals surface area contributed by atoms with Crippen LogP contribution in [0.1, 0.15) is 32.1 Å². The molecule has 6 nitrogen and oxygen atoms in total. The van der Waals surface area contributed by atoms with E-state index < -0.39 is 10.0 Å². The van der Waals surface area contributed by atoms with Gasteiger partial charge in [-0.05, 0) is 43.9 Å². The molecule has 132 valence electrons. The molecule has 1 aliphatic rings. The fraction of sp³-hybridized carbons (Fsp3) is 0.562. The van der Waals surface area contributed by atoms with E-state index in [2.05, 4.69) is 4.98 Å². The van der Waals surface area contributed by atoms with Gasteiger partial charge in [-0.15, -0.1) is 0 Å². The Labute approximate surface area is 145 Å². The summed E-state index contributed by atoms with van der Waals surface area (Å²) in [5.74, 6) is 0. The number of sulfonamides is 1. The van der Waals surface area contributed by atoms with E-state index >= 15 is 0 Å². The number of methoxy groups -OCH3 is 1. The average molecular weight is 370 g/mol. The van der Waals surface area contributed by atoms with Gasteiger partial charge < -0.3 is 9.72 Å². The van der Waals surface area contributed by atoms with Crippen LogP contribution in [0.5, 0.6) is 0 Å². The lowest BCUT2D eigenvalue weighted by Gasteiger charge is -2.34. The van der Waals surface area contributed by atoms with E-state index in [4.69, 9.17) is 4.74 Å². The predicted molar refractivity (Wildman–Crippen MR) is 95.1 cm³/mol. The summed E-state index contributed by atoms with van der Waals surface area (Å²) in [5.41, 5.74) is 0.680. The zero-order valence-corrected chi connectivity index (χ0v) is 15.3. The van der Waals surface area contributed by atoms with Gasteiger partial charge in [-0.2, -0.15) is 4.31 Å². The normalized spacial score (nSPS) is 19.8. The summed E-state index contributed by atoms with van der Waals surface area (Å²) in [7, 11) is -1.89. The van der Waals surface area contributed by atoms with Crippen LogP contribution in [0, 0.1) is 0 Å². The molecule has 0 aliphatic carbocycles. The number of ether oxygens (including phenoxy) is 1. The number of rotatable bonds is 6. The molecule has 0 amide bonds. The average Bonchev–Trinajstić information content (AvgIpc) is 2.94. The maximum absolute atomic E-state index is 13.1. The van der Waals surface area contributed by atoms with Crippen LogP contribution in [0.4, 0.5) is 0 Å². The Morgan fingerprint density at radius 3 is 3.00 bits per heavy atom. The van der Waals surface area contributed by atoms with Crippen LogP contribution in [-0.4, -0.2) is 44.0 Å². The van der Waals surface area contributed by atoms with Crippen LogP contribution in [0.25, 0.3) is 10.2 Å². The Bertz CT molecular complexity index is 856. The number of aromatic nitrogens is 1. The van der Waals surface area contributed by atoms with Gasteiger partial charge in [0.05, 0.1) is 15.1 Å². The number of nitrogens with one attached hydrogen (secondary N) is 1. The van der Waals surface area contributed by atoms with Crippen molar-refractivity contribution in [3.63, 3.8) is 0 Å². The van der Waals surface area contributed by atoms with Crippen molar-refractivity contribution < 1.29 is 13.2 Å². The summed E-state index contributed by atoms with van der Waals surface area (Å²) < 4.78 is 33.6. The second kappa shape index (κ2) is 7.35. The summed E-state index contributed by atoms with van der Waals surface area (Å²) in [6.45, 7) is 1.20. The zero-order chi connectivity index (χ0) is 17.2. The number of hydrogen-bond acceptors (Lipinski definition) is 5. The molecule has 2 aromatic rings. The van der Waals surface area contributed by atoms with Crippen LogP contribution >= 0.6 is 11.3 Å². The fourth-order valence-electron chi connectivity index (χ4n) is 3.26. The van der Waals surface area contributed by atoms with E-state index in [0.717, 1.165) is 43.4 Å². The highest BCUT2D eigenvalue weighted by atomic mass is 32.2.